The number of hydrogen-bond donors (Lipinski definition) is 3. The van der Waals surface area contributed by atoms with Crippen molar-refractivity contribution >= 4 is 11.9 Å². The number of amides is 1. The molecular weight excluding hydrogens is 779 g/mol. The highest BCUT2D eigenvalue weighted by Crippen LogP contribution is 2.17. The largest absolute Gasteiger partial charge is 0.466 e. The van der Waals surface area contributed by atoms with Crippen LogP contribution in [0.2, 0.25) is 0 Å². The van der Waals surface area contributed by atoms with Gasteiger partial charge < -0.3 is 20.3 Å². The first-order valence-corrected chi connectivity index (χ1v) is 28.4. The van der Waals surface area contributed by atoms with Gasteiger partial charge in [-0.05, 0) is 51.4 Å². The molecule has 0 saturated carbocycles. The van der Waals surface area contributed by atoms with Gasteiger partial charge in [-0.25, -0.2) is 0 Å². The highest BCUT2D eigenvalue weighted by Gasteiger charge is 2.20. The van der Waals surface area contributed by atoms with E-state index in [2.05, 4.69) is 31.3 Å². The van der Waals surface area contributed by atoms with Crippen LogP contribution in [0.1, 0.15) is 316 Å². The van der Waals surface area contributed by atoms with Gasteiger partial charge in [-0.1, -0.05) is 264 Å². The molecule has 6 heteroatoms. The number of esters is 1. The van der Waals surface area contributed by atoms with Crippen LogP contribution >= 0.6 is 0 Å². The van der Waals surface area contributed by atoms with Gasteiger partial charge >= 0.3 is 5.97 Å². The predicted octanol–water partition coefficient (Wildman–Crippen LogP) is 17.3. The van der Waals surface area contributed by atoms with Crippen LogP contribution in [0.3, 0.4) is 0 Å². The molecule has 2 atom stereocenters. The second-order valence-electron chi connectivity index (χ2n) is 19.6. The lowest BCUT2D eigenvalue weighted by Crippen LogP contribution is -2.45. The topological polar surface area (TPSA) is 95.9 Å². The van der Waals surface area contributed by atoms with Gasteiger partial charge in [0.05, 0.1) is 25.4 Å². The first-order chi connectivity index (χ1) is 31.0. The van der Waals surface area contributed by atoms with E-state index in [1.165, 1.54) is 238 Å². The Morgan fingerprint density at radius 2 is 0.746 bits per heavy atom. The van der Waals surface area contributed by atoms with E-state index in [0.29, 0.717) is 25.9 Å². The van der Waals surface area contributed by atoms with Crippen LogP contribution in [0.15, 0.2) is 12.2 Å². The van der Waals surface area contributed by atoms with Crippen LogP contribution in [0, 0.1) is 0 Å². The number of rotatable bonds is 53. The fourth-order valence-corrected chi connectivity index (χ4v) is 8.93. The molecule has 1 amide bonds. The molecule has 0 fully saturated rings. The van der Waals surface area contributed by atoms with Gasteiger partial charge in [0.1, 0.15) is 0 Å². The molecule has 0 rings (SSSR count). The summed E-state index contributed by atoms with van der Waals surface area (Å²) in [4.78, 5) is 24.5. The number of carbonyl (C=O) groups is 2. The fraction of sp³-hybridized carbons (Fsp3) is 0.930. The lowest BCUT2D eigenvalue weighted by molar-refractivity contribution is -0.143. The van der Waals surface area contributed by atoms with E-state index in [0.717, 1.165) is 44.9 Å². The zero-order valence-electron chi connectivity index (χ0n) is 42.6. The molecule has 63 heavy (non-hydrogen) atoms. The van der Waals surface area contributed by atoms with E-state index >= 15 is 0 Å². The minimum atomic E-state index is -0.663. The molecule has 0 heterocycles. The molecule has 6 nitrogen and oxygen atoms in total. The molecule has 0 aromatic rings. The van der Waals surface area contributed by atoms with Gasteiger partial charge in [-0.3, -0.25) is 9.59 Å². The Morgan fingerprint density at radius 1 is 0.429 bits per heavy atom. The maximum atomic E-state index is 12.4. The number of carbonyl (C=O) groups excluding carboxylic acids is 2. The van der Waals surface area contributed by atoms with Gasteiger partial charge in [0.25, 0.3) is 0 Å². The Hall–Kier alpha value is -1.40. The van der Waals surface area contributed by atoms with Crippen molar-refractivity contribution in [3.63, 3.8) is 0 Å². The molecule has 374 valence electrons. The third-order valence-corrected chi connectivity index (χ3v) is 13.3. The number of aliphatic hydroxyl groups is 2. The van der Waals surface area contributed by atoms with Crippen molar-refractivity contribution in [3.05, 3.63) is 12.2 Å². The Kier molecular flexibility index (Phi) is 52.0. The molecule has 0 aliphatic heterocycles. The SMILES string of the molecule is CCCCCCCCC/C=C\CCCCCCCC(=O)OCCCCCCCCCCCCCCCCCCCCCCC(=O)NC(CO)C(O)CCCCCCCCCCCC. The average Bonchev–Trinajstić information content (AvgIpc) is 3.28. The Labute approximate surface area is 393 Å². The lowest BCUT2D eigenvalue weighted by Gasteiger charge is -2.22. The number of hydrogen-bond acceptors (Lipinski definition) is 5. The maximum absolute atomic E-state index is 12.4. The molecule has 0 aliphatic carbocycles. The van der Waals surface area contributed by atoms with Crippen LogP contribution < -0.4 is 5.32 Å². The van der Waals surface area contributed by atoms with E-state index < -0.39 is 12.1 Å². The number of nitrogens with one attached hydrogen (secondary N) is 1. The van der Waals surface area contributed by atoms with E-state index in [1.807, 2.05) is 0 Å². The van der Waals surface area contributed by atoms with Crippen LogP contribution in [0.4, 0.5) is 0 Å². The van der Waals surface area contributed by atoms with E-state index in [-0.39, 0.29) is 18.5 Å². The zero-order chi connectivity index (χ0) is 45.8. The highest BCUT2D eigenvalue weighted by molar-refractivity contribution is 5.76. The van der Waals surface area contributed by atoms with Crippen LogP contribution in [0.25, 0.3) is 0 Å². The van der Waals surface area contributed by atoms with Gasteiger partial charge in [0.2, 0.25) is 5.91 Å². The van der Waals surface area contributed by atoms with E-state index in [9.17, 15) is 19.8 Å². The summed E-state index contributed by atoms with van der Waals surface area (Å²) < 4.78 is 5.48. The van der Waals surface area contributed by atoms with Crippen molar-refractivity contribution in [3.8, 4) is 0 Å². The summed E-state index contributed by atoms with van der Waals surface area (Å²) in [5, 5.41) is 23.1. The normalized spacial score (nSPS) is 12.6. The molecule has 0 saturated heterocycles. The predicted molar refractivity (Wildman–Crippen MR) is 273 cm³/mol. The van der Waals surface area contributed by atoms with Crippen molar-refractivity contribution in [2.75, 3.05) is 13.2 Å². The summed E-state index contributed by atoms with van der Waals surface area (Å²) >= 11 is 0. The molecular formula is C57H111NO5. The van der Waals surface area contributed by atoms with Crippen LogP contribution in [-0.2, 0) is 14.3 Å². The molecule has 0 bridgehead atoms. The van der Waals surface area contributed by atoms with Gasteiger partial charge in [-0.15, -0.1) is 0 Å². The summed E-state index contributed by atoms with van der Waals surface area (Å²) in [6.45, 7) is 4.94. The van der Waals surface area contributed by atoms with E-state index in [1.54, 1.807) is 0 Å². The summed E-state index contributed by atoms with van der Waals surface area (Å²) in [5.41, 5.74) is 0. The maximum Gasteiger partial charge on any atom is 0.305 e. The highest BCUT2D eigenvalue weighted by atomic mass is 16.5. The van der Waals surface area contributed by atoms with Crippen LogP contribution in [-0.4, -0.2) is 47.4 Å². The Morgan fingerprint density at radius 3 is 1.13 bits per heavy atom. The summed E-state index contributed by atoms with van der Waals surface area (Å²) in [7, 11) is 0. The molecule has 2 unspecified atom stereocenters. The van der Waals surface area contributed by atoms with Crippen molar-refractivity contribution in [2.45, 2.75) is 328 Å². The third kappa shape index (κ3) is 49.9. The third-order valence-electron chi connectivity index (χ3n) is 13.3. The number of allylic oxidation sites excluding steroid dienone is 2. The molecule has 0 spiro atoms. The Balaban J connectivity index is 3.36. The van der Waals surface area contributed by atoms with Gasteiger partial charge in [0.15, 0.2) is 0 Å². The van der Waals surface area contributed by atoms with Gasteiger partial charge in [0, 0.05) is 12.8 Å². The second kappa shape index (κ2) is 53.2. The van der Waals surface area contributed by atoms with Crippen molar-refractivity contribution in [2.24, 2.45) is 0 Å². The number of ether oxygens (including phenoxy) is 1. The van der Waals surface area contributed by atoms with Crippen molar-refractivity contribution in [1.82, 2.24) is 5.32 Å². The van der Waals surface area contributed by atoms with E-state index in [4.69, 9.17) is 4.74 Å². The van der Waals surface area contributed by atoms with Crippen molar-refractivity contribution < 1.29 is 24.5 Å². The van der Waals surface area contributed by atoms with Crippen molar-refractivity contribution in [1.29, 1.82) is 0 Å². The Bertz CT molecular complexity index is 939. The summed E-state index contributed by atoms with van der Waals surface area (Å²) in [6.07, 6.45) is 62.1. The molecule has 0 aromatic heterocycles. The van der Waals surface area contributed by atoms with Crippen LogP contribution in [0.5, 0.6) is 0 Å². The standard InChI is InChI=1S/C57H111NO5/c1-3-5-7-9-11-13-15-16-17-25-28-31-35-39-43-47-51-57(62)63-52-48-44-40-36-32-29-26-23-21-19-18-20-22-24-27-30-34-38-42-46-50-56(61)58-54(53-59)55(60)49-45-41-37-33-14-12-10-8-6-4-2/h17,25,54-55,59-60H,3-16,18-24,26-53H2,1-2H3,(H,58,61)/b25-17-. The molecule has 0 radical (unpaired) electrons. The lowest BCUT2D eigenvalue weighted by atomic mass is 10.0. The first-order valence-electron chi connectivity index (χ1n) is 28.4. The number of aliphatic hydroxyl groups excluding tert-OH is 2. The fourth-order valence-electron chi connectivity index (χ4n) is 8.93. The molecule has 0 aliphatic rings. The first kappa shape index (κ1) is 61.6. The minimum Gasteiger partial charge on any atom is -0.466 e. The summed E-state index contributed by atoms with van der Waals surface area (Å²) in [6, 6.07) is -0.540. The number of unbranched alkanes of at least 4 members (excludes halogenated alkanes) is 40. The molecule has 3 N–H and O–H groups in total. The summed E-state index contributed by atoms with van der Waals surface area (Å²) in [5.74, 6) is -0.0342. The zero-order valence-corrected chi connectivity index (χ0v) is 42.6. The van der Waals surface area contributed by atoms with Gasteiger partial charge in [-0.2, -0.15) is 0 Å². The second-order valence-corrected chi connectivity index (χ2v) is 19.6. The molecule has 0 aromatic carbocycles. The average molecular weight is 891 g/mol. The smallest absolute Gasteiger partial charge is 0.305 e. The quantitative estimate of drug-likeness (QED) is 0.0321. The monoisotopic (exact) mass is 890 g/mol. The minimum absolute atomic E-state index is 0.00349.